The van der Waals surface area contributed by atoms with Crippen LogP contribution in [0.15, 0.2) is 0 Å². The first-order valence-corrected chi connectivity index (χ1v) is 7.45. The van der Waals surface area contributed by atoms with E-state index in [-0.39, 0.29) is 17.8 Å². The highest BCUT2D eigenvalue weighted by atomic mass is 16.5. The summed E-state index contributed by atoms with van der Waals surface area (Å²) in [4.78, 5) is 11.8. The third kappa shape index (κ3) is 10.0. The molecule has 0 aromatic rings. The average molecular weight is 273 g/mol. The maximum absolute atomic E-state index is 11.8. The van der Waals surface area contributed by atoms with Crippen molar-refractivity contribution in [1.29, 1.82) is 0 Å². The molecule has 0 aliphatic rings. The van der Waals surface area contributed by atoms with E-state index in [1.807, 2.05) is 20.8 Å². The predicted molar refractivity (Wildman–Crippen MR) is 78.5 cm³/mol. The molecular weight excluding hydrogens is 242 g/mol. The van der Waals surface area contributed by atoms with E-state index >= 15 is 0 Å². The van der Waals surface area contributed by atoms with Crippen molar-refractivity contribution in [3.05, 3.63) is 0 Å². The average Bonchev–Trinajstić information content (AvgIpc) is 2.39. The normalized spacial score (nSPS) is 14.6. The predicted octanol–water partition coefficient (Wildman–Crippen LogP) is 2.41. The van der Waals surface area contributed by atoms with Crippen LogP contribution in [0.3, 0.4) is 0 Å². The number of hydrogen-bond acceptors (Lipinski definition) is 4. The van der Waals surface area contributed by atoms with Crippen molar-refractivity contribution in [1.82, 2.24) is 5.32 Å². The van der Waals surface area contributed by atoms with Gasteiger partial charge in [-0.1, -0.05) is 27.7 Å². The smallest absolute Gasteiger partial charge is 0.164 e. The van der Waals surface area contributed by atoms with Crippen molar-refractivity contribution in [3.8, 4) is 0 Å². The van der Waals surface area contributed by atoms with Crippen LogP contribution in [0.1, 0.15) is 47.5 Å². The van der Waals surface area contributed by atoms with Gasteiger partial charge in [0.2, 0.25) is 0 Å². The Hall–Kier alpha value is -0.450. The lowest BCUT2D eigenvalue weighted by atomic mass is 10.0. The number of hydrogen-bond donors (Lipinski definition) is 1. The second-order valence-corrected chi connectivity index (χ2v) is 5.30. The van der Waals surface area contributed by atoms with Crippen molar-refractivity contribution in [3.63, 3.8) is 0 Å². The quantitative estimate of drug-likeness (QED) is 0.555. The summed E-state index contributed by atoms with van der Waals surface area (Å²) in [5, 5.41) is 3.29. The molecule has 2 atom stereocenters. The minimum absolute atomic E-state index is 0.0911. The maximum Gasteiger partial charge on any atom is 0.164 e. The summed E-state index contributed by atoms with van der Waals surface area (Å²) in [6, 6.07) is 0.499. The molecule has 4 heteroatoms. The van der Waals surface area contributed by atoms with Crippen LogP contribution in [0.4, 0.5) is 0 Å². The van der Waals surface area contributed by atoms with Gasteiger partial charge in [0.05, 0.1) is 6.61 Å². The fraction of sp³-hybridized carbons (Fsp3) is 0.933. The van der Waals surface area contributed by atoms with Crippen LogP contribution in [-0.2, 0) is 14.3 Å². The Morgan fingerprint density at radius 2 is 1.79 bits per heavy atom. The Balaban J connectivity index is 3.41. The molecule has 0 saturated carbocycles. The van der Waals surface area contributed by atoms with E-state index in [9.17, 15) is 4.79 Å². The lowest BCUT2D eigenvalue weighted by Gasteiger charge is -2.15. The van der Waals surface area contributed by atoms with Gasteiger partial charge in [-0.25, -0.2) is 0 Å². The third-order valence-corrected chi connectivity index (χ3v) is 3.10. The number of Topliss-reactive ketones (excluding diaryl/α,β-unsaturated/α-hetero) is 1. The molecule has 1 unspecified atom stereocenters. The van der Waals surface area contributed by atoms with Crippen LogP contribution in [0.5, 0.6) is 0 Å². The Kier molecular flexibility index (Phi) is 11.1. The van der Waals surface area contributed by atoms with Crippen LogP contribution in [0, 0.1) is 5.92 Å². The molecule has 0 aliphatic heterocycles. The van der Waals surface area contributed by atoms with Crippen LogP contribution in [-0.4, -0.2) is 44.3 Å². The largest absolute Gasteiger partial charge is 0.380 e. The van der Waals surface area contributed by atoms with E-state index in [0.29, 0.717) is 19.3 Å². The molecule has 19 heavy (non-hydrogen) atoms. The summed E-state index contributed by atoms with van der Waals surface area (Å²) in [7, 11) is 0. The highest BCUT2D eigenvalue weighted by Gasteiger charge is 2.18. The van der Waals surface area contributed by atoms with Gasteiger partial charge in [-0.15, -0.1) is 0 Å². The zero-order valence-electron chi connectivity index (χ0n) is 13.2. The van der Waals surface area contributed by atoms with Gasteiger partial charge in [0.1, 0.15) is 6.10 Å². The monoisotopic (exact) mass is 273 g/mol. The van der Waals surface area contributed by atoms with Crippen molar-refractivity contribution >= 4 is 5.78 Å². The number of rotatable bonds is 12. The van der Waals surface area contributed by atoms with E-state index in [0.717, 1.165) is 26.0 Å². The fourth-order valence-electron chi connectivity index (χ4n) is 1.63. The molecule has 4 nitrogen and oxygen atoms in total. The zero-order valence-corrected chi connectivity index (χ0v) is 13.2. The topological polar surface area (TPSA) is 47.6 Å². The number of nitrogens with one attached hydrogen (secondary N) is 1. The first kappa shape index (κ1) is 18.6. The molecule has 114 valence electrons. The molecule has 0 heterocycles. The van der Waals surface area contributed by atoms with Crippen molar-refractivity contribution in [2.24, 2.45) is 5.92 Å². The first-order valence-electron chi connectivity index (χ1n) is 7.45. The van der Waals surface area contributed by atoms with Gasteiger partial charge in [0.25, 0.3) is 0 Å². The van der Waals surface area contributed by atoms with Crippen molar-refractivity contribution < 1.29 is 14.3 Å². The lowest BCUT2D eigenvalue weighted by Crippen LogP contribution is -2.27. The maximum atomic E-state index is 11.8. The van der Waals surface area contributed by atoms with Gasteiger partial charge < -0.3 is 14.8 Å². The van der Waals surface area contributed by atoms with Crippen LogP contribution >= 0.6 is 0 Å². The van der Waals surface area contributed by atoms with Crippen LogP contribution < -0.4 is 5.32 Å². The summed E-state index contributed by atoms with van der Waals surface area (Å²) < 4.78 is 11.0. The zero-order chi connectivity index (χ0) is 14.7. The van der Waals surface area contributed by atoms with Gasteiger partial charge in [-0.3, -0.25) is 4.79 Å². The molecular formula is C15H31NO3. The summed E-state index contributed by atoms with van der Waals surface area (Å²) in [5.74, 6) is 0.290. The number of carbonyl (C=O) groups excluding carboxylic acids is 1. The second kappa shape index (κ2) is 11.4. The molecule has 0 bridgehead atoms. The van der Waals surface area contributed by atoms with Gasteiger partial charge in [-0.2, -0.15) is 0 Å². The second-order valence-electron chi connectivity index (χ2n) is 5.30. The van der Waals surface area contributed by atoms with Gasteiger partial charge >= 0.3 is 0 Å². The standard InChI is InChI=1S/C15H31NO3/c1-6-13(4)15(17)14(5)19-10-7-9-18-11-8-16-12(2)3/h12-14,16H,6-11H2,1-5H3/t13?,14-/m1/s1. The Morgan fingerprint density at radius 1 is 1.11 bits per heavy atom. The number of ketones is 1. The van der Waals surface area contributed by atoms with Crippen molar-refractivity contribution in [2.45, 2.75) is 59.6 Å². The molecule has 0 rings (SSSR count). The van der Waals surface area contributed by atoms with Gasteiger partial charge in [0.15, 0.2) is 5.78 Å². The Bertz CT molecular complexity index is 231. The molecule has 0 aromatic heterocycles. The first-order chi connectivity index (χ1) is 8.99. The molecule has 0 saturated heterocycles. The SMILES string of the molecule is CCC(C)C(=O)[C@@H](C)OCCCOCCNC(C)C. The minimum atomic E-state index is -0.294. The summed E-state index contributed by atoms with van der Waals surface area (Å²) in [5.41, 5.74) is 0. The van der Waals surface area contributed by atoms with E-state index in [1.165, 1.54) is 0 Å². The minimum Gasteiger partial charge on any atom is -0.380 e. The van der Waals surface area contributed by atoms with E-state index in [4.69, 9.17) is 9.47 Å². The molecule has 0 fully saturated rings. The Labute approximate surface area is 118 Å². The van der Waals surface area contributed by atoms with Crippen LogP contribution in [0.2, 0.25) is 0 Å². The lowest BCUT2D eigenvalue weighted by molar-refractivity contribution is -0.133. The van der Waals surface area contributed by atoms with Crippen molar-refractivity contribution in [2.75, 3.05) is 26.4 Å². The molecule has 0 aliphatic carbocycles. The molecule has 0 amide bonds. The fourth-order valence-corrected chi connectivity index (χ4v) is 1.63. The summed E-state index contributed by atoms with van der Waals surface area (Å²) >= 11 is 0. The third-order valence-electron chi connectivity index (χ3n) is 3.10. The Morgan fingerprint density at radius 3 is 2.37 bits per heavy atom. The van der Waals surface area contributed by atoms with E-state index in [1.54, 1.807) is 0 Å². The van der Waals surface area contributed by atoms with E-state index < -0.39 is 0 Å². The highest BCUT2D eigenvalue weighted by molar-refractivity contribution is 5.84. The summed E-state index contributed by atoms with van der Waals surface area (Å²) in [6.45, 7) is 12.9. The highest BCUT2D eigenvalue weighted by Crippen LogP contribution is 2.08. The molecule has 1 N–H and O–H groups in total. The molecule has 0 spiro atoms. The van der Waals surface area contributed by atoms with Gasteiger partial charge in [-0.05, 0) is 19.8 Å². The summed E-state index contributed by atoms with van der Waals surface area (Å²) in [6.07, 6.45) is 1.41. The van der Waals surface area contributed by atoms with Gasteiger partial charge in [0, 0.05) is 31.7 Å². The number of ether oxygens (including phenoxy) is 2. The molecule has 0 aromatic carbocycles. The molecule has 0 radical (unpaired) electrons. The number of carbonyl (C=O) groups is 1. The van der Waals surface area contributed by atoms with Crippen LogP contribution in [0.25, 0.3) is 0 Å². The van der Waals surface area contributed by atoms with E-state index in [2.05, 4.69) is 19.2 Å².